The average Bonchev–Trinajstić information content (AvgIpc) is 2.40. The summed E-state index contributed by atoms with van der Waals surface area (Å²) in [5.74, 6) is -0.661. The first-order valence-corrected chi connectivity index (χ1v) is 5.97. The maximum atomic E-state index is 13.0. The summed E-state index contributed by atoms with van der Waals surface area (Å²) in [5.41, 5.74) is -0.583. The van der Waals surface area contributed by atoms with Gasteiger partial charge in [-0.3, -0.25) is 0 Å². The van der Waals surface area contributed by atoms with E-state index in [0.717, 1.165) is 18.2 Å². The molecule has 0 radical (unpaired) electrons. The molecular formula is C14H9ClF4O. The molecule has 2 aromatic rings. The van der Waals surface area contributed by atoms with Crippen LogP contribution in [0, 0.1) is 5.82 Å². The Morgan fingerprint density at radius 3 is 2.25 bits per heavy atom. The largest absolute Gasteiger partial charge is 0.416 e. The summed E-state index contributed by atoms with van der Waals surface area (Å²) in [5, 5.41) is 9.85. The van der Waals surface area contributed by atoms with Crippen LogP contribution in [0.15, 0.2) is 42.5 Å². The average molecular weight is 305 g/mol. The number of rotatable bonds is 2. The lowest BCUT2D eigenvalue weighted by atomic mass is 9.99. The number of hydrogen-bond donors (Lipinski definition) is 1. The van der Waals surface area contributed by atoms with Gasteiger partial charge in [0.15, 0.2) is 0 Å². The van der Waals surface area contributed by atoms with Crippen molar-refractivity contribution in [1.29, 1.82) is 0 Å². The molecule has 0 aliphatic heterocycles. The predicted molar refractivity (Wildman–Crippen MR) is 66.9 cm³/mol. The standard InChI is InChI=1S/C14H9ClF4O/c15-11-7-9(4-5-12(11)16)13(20)8-2-1-3-10(6-8)14(17,18)19/h1-7,13,20H. The lowest BCUT2D eigenvalue weighted by Gasteiger charge is -2.14. The fourth-order valence-electron chi connectivity index (χ4n) is 1.76. The number of alkyl halides is 3. The first-order valence-electron chi connectivity index (χ1n) is 5.59. The van der Waals surface area contributed by atoms with E-state index < -0.39 is 23.7 Å². The third-order valence-corrected chi connectivity index (χ3v) is 3.08. The minimum Gasteiger partial charge on any atom is -0.384 e. The highest BCUT2D eigenvalue weighted by Crippen LogP contribution is 2.32. The normalized spacial score (nSPS) is 13.3. The third-order valence-electron chi connectivity index (χ3n) is 2.79. The van der Waals surface area contributed by atoms with Crippen molar-refractivity contribution in [3.63, 3.8) is 0 Å². The molecule has 0 fully saturated rings. The van der Waals surface area contributed by atoms with Crippen molar-refractivity contribution in [2.45, 2.75) is 12.3 Å². The van der Waals surface area contributed by atoms with E-state index >= 15 is 0 Å². The van der Waals surface area contributed by atoms with Crippen LogP contribution in [-0.2, 0) is 6.18 Å². The Morgan fingerprint density at radius 1 is 1.00 bits per heavy atom. The summed E-state index contributed by atoms with van der Waals surface area (Å²) >= 11 is 5.58. The van der Waals surface area contributed by atoms with Crippen LogP contribution < -0.4 is 0 Å². The van der Waals surface area contributed by atoms with Gasteiger partial charge in [0.05, 0.1) is 10.6 Å². The van der Waals surface area contributed by atoms with Gasteiger partial charge in [-0.1, -0.05) is 29.8 Å². The van der Waals surface area contributed by atoms with Crippen LogP contribution in [-0.4, -0.2) is 5.11 Å². The van der Waals surface area contributed by atoms with Crippen LogP contribution in [0.1, 0.15) is 22.8 Å². The number of aliphatic hydroxyl groups is 1. The van der Waals surface area contributed by atoms with Gasteiger partial charge in [0.25, 0.3) is 0 Å². The van der Waals surface area contributed by atoms with Crippen molar-refractivity contribution in [2.24, 2.45) is 0 Å². The first kappa shape index (κ1) is 14.8. The fraction of sp³-hybridized carbons (Fsp3) is 0.143. The van der Waals surface area contributed by atoms with Crippen LogP contribution >= 0.6 is 11.6 Å². The fourth-order valence-corrected chi connectivity index (χ4v) is 1.95. The molecule has 6 heteroatoms. The Hall–Kier alpha value is -1.59. The van der Waals surface area contributed by atoms with E-state index in [1.807, 2.05) is 0 Å². The zero-order valence-electron chi connectivity index (χ0n) is 9.96. The third kappa shape index (κ3) is 3.11. The topological polar surface area (TPSA) is 20.2 Å². The summed E-state index contributed by atoms with van der Waals surface area (Å²) in [6, 6.07) is 7.82. The van der Waals surface area contributed by atoms with Crippen LogP contribution in [0.25, 0.3) is 0 Å². The molecule has 0 bridgehead atoms. The van der Waals surface area contributed by atoms with E-state index in [0.29, 0.717) is 0 Å². The van der Waals surface area contributed by atoms with Crippen LogP contribution in [0.4, 0.5) is 17.6 Å². The van der Waals surface area contributed by atoms with Gasteiger partial charge in [-0.2, -0.15) is 13.2 Å². The predicted octanol–water partition coefficient (Wildman–Crippen LogP) is 4.58. The van der Waals surface area contributed by atoms with E-state index in [2.05, 4.69) is 0 Å². The van der Waals surface area contributed by atoms with Crippen molar-refractivity contribution in [1.82, 2.24) is 0 Å². The molecule has 0 saturated carbocycles. The number of hydrogen-bond acceptors (Lipinski definition) is 1. The smallest absolute Gasteiger partial charge is 0.384 e. The summed E-state index contributed by atoms with van der Waals surface area (Å²) in [4.78, 5) is 0. The van der Waals surface area contributed by atoms with Crippen molar-refractivity contribution < 1.29 is 22.7 Å². The van der Waals surface area contributed by atoms with Gasteiger partial charge in [-0.05, 0) is 35.4 Å². The monoisotopic (exact) mass is 304 g/mol. The van der Waals surface area contributed by atoms with Crippen LogP contribution in [0.5, 0.6) is 0 Å². The first-order chi connectivity index (χ1) is 9.29. The Bertz CT molecular complexity index is 625. The zero-order valence-corrected chi connectivity index (χ0v) is 10.7. The Labute approximate surface area is 117 Å². The van der Waals surface area contributed by atoms with E-state index in [-0.39, 0.29) is 16.1 Å². The lowest BCUT2D eigenvalue weighted by molar-refractivity contribution is -0.137. The summed E-state index contributed by atoms with van der Waals surface area (Å²) < 4.78 is 50.8. The Kier molecular flexibility index (Phi) is 4.01. The molecule has 0 spiro atoms. The van der Waals surface area contributed by atoms with E-state index in [4.69, 9.17) is 11.6 Å². The second-order valence-corrected chi connectivity index (χ2v) is 4.61. The summed E-state index contributed by atoms with van der Waals surface area (Å²) in [6.07, 6.45) is -5.80. The summed E-state index contributed by atoms with van der Waals surface area (Å²) in [6.45, 7) is 0. The molecule has 1 nitrogen and oxygen atoms in total. The molecule has 0 aliphatic rings. The molecule has 1 atom stereocenters. The maximum absolute atomic E-state index is 13.0. The molecule has 1 N–H and O–H groups in total. The van der Waals surface area contributed by atoms with Gasteiger partial charge >= 0.3 is 6.18 Å². The summed E-state index contributed by atoms with van der Waals surface area (Å²) in [7, 11) is 0. The van der Waals surface area contributed by atoms with Gasteiger partial charge in [0.2, 0.25) is 0 Å². The van der Waals surface area contributed by atoms with Gasteiger partial charge in [0, 0.05) is 0 Å². The Balaban J connectivity index is 2.38. The second-order valence-electron chi connectivity index (χ2n) is 4.20. The van der Waals surface area contributed by atoms with Crippen molar-refractivity contribution in [2.75, 3.05) is 0 Å². The minimum atomic E-state index is -4.49. The quantitative estimate of drug-likeness (QED) is 0.805. The molecule has 0 aromatic heterocycles. The van der Waals surface area contributed by atoms with E-state index in [1.54, 1.807) is 0 Å². The van der Waals surface area contributed by atoms with Gasteiger partial charge in [-0.15, -0.1) is 0 Å². The molecular weight excluding hydrogens is 296 g/mol. The highest BCUT2D eigenvalue weighted by molar-refractivity contribution is 6.30. The lowest BCUT2D eigenvalue weighted by Crippen LogP contribution is -2.07. The molecule has 2 rings (SSSR count). The highest BCUT2D eigenvalue weighted by Gasteiger charge is 2.31. The molecule has 0 heterocycles. The molecule has 1 unspecified atom stereocenters. The molecule has 2 aromatic carbocycles. The van der Waals surface area contributed by atoms with Crippen molar-refractivity contribution in [3.05, 3.63) is 70.0 Å². The molecule has 106 valence electrons. The van der Waals surface area contributed by atoms with Crippen LogP contribution in [0.3, 0.4) is 0 Å². The molecule has 0 amide bonds. The maximum Gasteiger partial charge on any atom is 0.416 e. The van der Waals surface area contributed by atoms with Gasteiger partial charge in [-0.25, -0.2) is 4.39 Å². The van der Waals surface area contributed by atoms with E-state index in [1.165, 1.54) is 24.3 Å². The van der Waals surface area contributed by atoms with Crippen molar-refractivity contribution >= 4 is 11.6 Å². The Morgan fingerprint density at radius 2 is 1.65 bits per heavy atom. The van der Waals surface area contributed by atoms with Gasteiger partial charge in [0.1, 0.15) is 11.9 Å². The number of aliphatic hydroxyl groups excluding tert-OH is 1. The molecule has 20 heavy (non-hydrogen) atoms. The van der Waals surface area contributed by atoms with Gasteiger partial charge < -0.3 is 5.11 Å². The SMILES string of the molecule is OC(c1cccc(C(F)(F)F)c1)c1ccc(F)c(Cl)c1. The molecule has 0 aliphatic carbocycles. The van der Waals surface area contributed by atoms with Crippen molar-refractivity contribution in [3.8, 4) is 0 Å². The van der Waals surface area contributed by atoms with E-state index in [9.17, 15) is 22.7 Å². The second kappa shape index (κ2) is 5.42. The molecule has 0 saturated heterocycles. The van der Waals surface area contributed by atoms with Crippen LogP contribution in [0.2, 0.25) is 5.02 Å². The highest BCUT2D eigenvalue weighted by atomic mass is 35.5. The number of halogens is 5. The number of benzene rings is 2. The minimum absolute atomic E-state index is 0.0579. The zero-order chi connectivity index (χ0) is 14.9.